The zero-order chi connectivity index (χ0) is 15.5. The van der Waals surface area contributed by atoms with Crippen molar-refractivity contribution in [3.8, 4) is 5.75 Å². The van der Waals surface area contributed by atoms with Gasteiger partial charge < -0.3 is 9.84 Å². The monoisotopic (exact) mass is 291 g/mol. The average Bonchev–Trinajstić information content (AvgIpc) is 2.50. The fourth-order valence-corrected chi connectivity index (χ4v) is 3.07. The molecular weight excluding hydrogens is 266 g/mol. The van der Waals surface area contributed by atoms with Gasteiger partial charge in [0.15, 0.2) is 0 Å². The molecule has 1 N–H and O–H groups in total. The Balaban J connectivity index is 2.07. The average molecular weight is 291 g/mol. The first kappa shape index (κ1) is 15.8. The quantitative estimate of drug-likeness (QED) is 0.904. The Kier molecular flexibility index (Phi) is 4.88. The van der Waals surface area contributed by atoms with Crippen molar-refractivity contribution in [3.63, 3.8) is 0 Å². The van der Waals surface area contributed by atoms with Crippen LogP contribution in [0.5, 0.6) is 5.75 Å². The molecule has 1 aromatic rings. The van der Waals surface area contributed by atoms with Gasteiger partial charge in [-0.15, -0.1) is 0 Å². The van der Waals surface area contributed by atoms with Crippen molar-refractivity contribution in [1.82, 2.24) is 4.90 Å². The van der Waals surface area contributed by atoms with Crippen molar-refractivity contribution in [3.05, 3.63) is 29.8 Å². The van der Waals surface area contributed by atoms with Gasteiger partial charge in [0.1, 0.15) is 5.75 Å². The minimum atomic E-state index is -0.667. The Morgan fingerprint density at radius 1 is 1.33 bits per heavy atom. The molecule has 1 atom stereocenters. The van der Waals surface area contributed by atoms with Gasteiger partial charge in [0.2, 0.25) is 0 Å². The fraction of sp³-hybridized carbons (Fsp3) is 0.588. The molecule has 116 valence electrons. The first-order chi connectivity index (χ1) is 10.00. The third-order valence-corrected chi connectivity index (χ3v) is 4.75. The van der Waals surface area contributed by atoms with Crippen LogP contribution in [-0.4, -0.2) is 36.2 Å². The summed E-state index contributed by atoms with van der Waals surface area (Å²) in [6.07, 6.45) is 2.46. The van der Waals surface area contributed by atoms with Crippen molar-refractivity contribution in [1.29, 1.82) is 0 Å². The topological polar surface area (TPSA) is 49.8 Å². The molecule has 1 fully saturated rings. The predicted octanol–water partition coefficient (Wildman–Crippen LogP) is 3.33. The van der Waals surface area contributed by atoms with Gasteiger partial charge in [-0.25, -0.2) is 0 Å². The summed E-state index contributed by atoms with van der Waals surface area (Å²) in [5, 5.41) is 9.32. The molecule has 0 aliphatic carbocycles. The van der Waals surface area contributed by atoms with Crippen LogP contribution in [0.2, 0.25) is 0 Å². The number of aliphatic carboxylic acids is 1. The largest absolute Gasteiger partial charge is 0.497 e. The highest BCUT2D eigenvalue weighted by Crippen LogP contribution is 2.36. The molecule has 0 saturated carbocycles. The van der Waals surface area contributed by atoms with E-state index < -0.39 is 11.4 Å². The highest BCUT2D eigenvalue weighted by molar-refractivity contribution is 5.74. The maximum absolute atomic E-state index is 11.3. The first-order valence-electron chi connectivity index (χ1n) is 7.61. The summed E-state index contributed by atoms with van der Waals surface area (Å²) in [6.45, 7) is 5.72. The van der Waals surface area contributed by atoms with Gasteiger partial charge in [0.05, 0.1) is 12.5 Å². The molecule has 21 heavy (non-hydrogen) atoms. The molecule has 4 nitrogen and oxygen atoms in total. The summed E-state index contributed by atoms with van der Waals surface area (Å²) in [5.74, 6) is 0.199. The van der Waals surface area contributed by atoms with Crippen LogP contribution in [0.1, 0.15) is 44.7 Å². The number of carboxylic acids is 1. The number of methoxy groups -OCH3 is 1. The summed E-state index contributed by atoms with van der Waals surface area (Å²) < 4.78 is 5.20. The smallest absolute Gasteiger partial charge is 0.309 e. The molecule has 1 aliphatic rings. The zero-order valence-electron chi connectivity index (χ0n) is 13.1. The van der Waals surface area contributed by atoms with Crippen LogP contribution < -0.4 is 4.74 Å². The SMILES string of the molecule is CCC(c1ccc(OC)cc1)N1CCC(C)(C(=O)O)CC1. The maximum atomic E-state index is 11.3. The zero-order valence-corrected chi connectivity index (χ0v) is 13.1. The van der Waals surface area contributed by atoms with Crippen LogP contribution in [-0.2, 0) is 4.79 Å². The van der Waals surface area contributed by atoms with E-state index in [4.69, 9.17) is 4.74 Å². The number of likely N-dealkylation sites (tertiary alicyclic amines) is 1. The van der Waals surface area contributed by atoms with E-state index >= 15 is 0 Å². The lowest BCUT2D eigenvalue weighted by Gasteiger charge is -2.40. The number of carbonyl (C=O) groups is 1. The van der Waals surface area contributed by atoms with E-state index in [0.717, 1.165) is 38.1 Å². The number of benzene rings is 1. The van der Waals surface area contributed by atoms with E-state index in [2.05, 4.69) is 24.0 Å². The third kappa shape index (κ3) is 3.38. The lowest BCUT2D eigenvalue weighted by molar-refractivity contribution is -0.151. The lowest BCUT2D eigenvalue weighted by Crippen LogP contribution is -2.44. The van der Waals surface area contributed by atoms with Crippen molar-refractivity contribution < 1.29 is 14.6 Å². The molecule has 4 heteroatoms. The maximum Gasteiger partial charge on any atom is 0.309 e. The van der Waals surface area contributed by atoms with E-state index in [9.17, 15) is 9.90 Å². The fourth-order valence-electron chi connectivity index (χ4n) is 3.07. The van der Waals surface area contributed by atoms with Crippen molar-refractivity contribution in [2.45, 2.75) is 39.2 Å². The summed E-state index contributed by atoms with van der Waals surface area (Å²) >= 11 is 0. The second kappa shape index (κ2) is 6.48. The molecule has 1 saturated heterocycles. The summed E-state index contributed by atoms with van der Waals surface area (Å²) in [5.41, 5.74) is 0.714. The van der Waals surface area contributed by atoms with E-state index in [1.807, 2.05) is 19.1 Å². The molecule has 2 rings (SSSR count). The lowest BCUT2D eigenvalue weighted by atomic mass is 9.80. The number of nitrogens with zero attached hydrogens (tertiary/aromatic N) is 1. The van der Waals surface area contributed by atoms with E-state index in [1.54, 1.807) is 7.11 Å². The van der Waals surface area contributed by atoms with E-state index in [-0.39, 0.29) is 0 Å². The Bertz CT molecular complexity index is 475. The molecule has 1 unspecified atom stereocenters. The van der Waals surface area contributed by atoms with E-state index in [0.29, 0.717) is 6.04 Å². The van der Waals surface area contributed by atoms with Crippen LogP contribution in [0.4, 0.5) is 0 Å². The van der Waals surface area contributed by atoms with Crippen LogP contribution >= 0.6 is 0 Å². The Morgan fingerprint density at radius 3 is 2.33 bits per heavy atom. The number of hydrogen-bond acceptors (Lipinski definition) is 3. The van der Waals surface area contributed by atoms with Gasteiger partial charge in [0.25, 0.3) is 0 Å². The van der Waals surface area contributed by atoms with E-state index in [1.165, 1.54) is 5.56 Å². The number of rotatable bonds is 5. The minimum absolute atomic E-state index is 0.356. The summed E-state index contributed by atoms with van der Waals surface area (Å²) in [6, 6.07) is 8.55. The van der Waals surface area contributed by atoms with Gasteiger partial charge in [-0.2, -0.15) is 0 Å². The molecule has 1 heterocycles. The minimum Gasteiger partial charge on any atom is -0.497 e. The molecule has 1 aromatic carbocycles. The molecular formula is C17H25NO3. The molecule has 0 radical (unpaired) electrons. The van der Waals surface area contributed by atoms with Crippen LogP contribution in [0.3, 0.4) is 0 Å². The summed E-state index contributed by atoms with van der Waals surface area (Å²) in [4.78, 5) is 13.7. The highest BCUT2D eigenvalue weighted by atomic mass is 16.5. The highest BCUT2D eigenvalue weighted by Gasteiger charge is 2.38. The first-order valence-corrected chi connectivity index (χ1v) is 7.61. The third-order valence-electron chi connectivity index (χ3n) is 4.75. The van der Waals surface area contributed by atoms with Gasteiger partial charge in [-0.05, 0) is 57.0 Å². The van der Waals surface area contributed by atoms with Gasteiger partial charge in [0, 0.05) is 6.04 Å². The Morgan fingerprint density at radius 2 is 1.90 bits per heavy atom. The molecule has 0 amide bonds. The Labute approximate surface area is 126 Å². The molecule has 0 bridgehead atoms. The number of hydrogen-bond donors (Lipinski definition) is 1. The second-order valence-corrected chi connectivity index (χ2v) is 6.10. The van der Waals surface area contributed by atoms with Crippen LogP contribution in [0, 0.1) is 5.41 Å². The second-order valence-electron chi connectivity index (χ2n) is 6.10. The standard InChI is InChI=1S/C17H25NO3/c1-4-15(13-5-7-14(21-3)8-6-13)18-11-9-17(2,10-12-18)16(19)20/h5-8,15H,4,9-12H2,1-3H3,(H,19,20). The van der Waals surface area contributed by atoms with Gasteiger partial charge in [-0.3, -0.25) is 9.69 Å². The van der Waals surface area contributed by atoms with Crippen LogP contribution in [0.15, 0.2) is 24.3 Å². The Hall–Kier alpha value is -1.55. The normalized spacial score (nSPS) is 20.0. The number of piperidine rings is 1. The van der Waals surface area contributed by atoms with Crippen LogP contribution in [0.25, 0.3) is 0 Å². The van der Waals surface area contributed by atoms with Crippen molar-refractivity contribution in [2.75, 3.05) is 20.2 Å². The van der Waals surface area contributed by atoms with Crippen molar-refractivity contribution >= 4 is 5.97 Å². The van der Waals surface area contributed by atoms with Gasteiger partial charge >= 0.3 is 5.97 Å². The predicted molar refractivity (Wildman–Crippen MR) is 82.6 cm³/mol. The molecule has 0 spiro atoms. The number of carboxylic acid groups (broad SMARTS) is 1. The van der Waals surface area contributed by atoms with Gasteiger partial charge in [-0.1, -0.05) is 19.1 Å². The summed E-state index contributed by atoms with van der Waals surface area (Å²) in [7, 11) is 1.67. The number of ether oxygens (including phenoxy) is 1. The van der Waals surface area contributed by atoms with Crippen molar-refractivity contribution in [2.24, 2.45) is 5.41 Å². The molecule has 1 aliphatic heterocycles. The molecule has 0 aromatic heterocycles.